The van der Waals surface area contributed by atoms with Crippen molar-refractivity contribution in [2.24, 2.45) is 0 Å². The minimum Gasteiger partial charge on any atom is -0.497 e. The van der Waals surface area contributed by atoms with E-state index in [-0.39, 0.29) is 31.0 Å². The maximum Gasteiger partial charge on any atom is 0.313 e. The molecule has 5 rings (SSSR count). The Bertz CT molecular complexity index is 1980. The molecule has 1 heterocycles. The molecule has 10 heteroatoms. The highest BCUT2D eigenvalue weighted by Crippen LogP contribution is 2.21. The van der Waals surface area contributed by atoms with Gasteiger partial charge < -0.3 is 30.2 Å². The van der Waals surface area contributed by atoms with Crippen LogP contribution in [0.25, 0.3) is 10.8 Å². The number of benzene rings is 4. The highest BCUT2D eigenvalue weighted by Gasteiger charge is 2.25. The highest BCUT2D eigenvalue weighted by atomic mass is 16.5. The molecule has 10 nitrogen and oxygen atoms in total. The first-order chi connectivity index (χ1) is 23.2. The lowest BCUT2D eigenvalue weighted by Crippen LogP contribution is -2.46. The Morgan fingerprint density at radius 1 is 0.875 bits per heavy atom. The van der Waals surface area contributed by atoms with Crippen molar-refractivity contribution in [3.8, 4) is 5.75 Å². The number of nitrogens with zero attached hydrogens (tertiary/aromatic N) is 1. The lowest BCUT2D eigenvalue weighted by atomic mass is 9.96. The minimum atomic E-state index is -1.15. The maximum atomic E-state index is 13.9. The summed E-state index contributed by atoms with van der Waals surface area (Å²) >= 11 is 0. The molecule has 0 unspecified atom stereocenters. The normalized spacial score (nSPS) is 12.2. The number of carboxylic acid groups (broad SMARTS) is 1. The number of aryl methyl sites for hydroxylation is 1. The van der Waals surface area contributed by atoms with Gasteiger partial charge in [0.15, 0.2) is 0 Å². The van der Waals surface area contributed by atoms with E-state index < -0.39 is 36.0 Å². The molecule has 0 saturated carbocycles. The fourth-order valence-corrected chi connectivity index (χ4v) is 5.60. The molecule has 0 aliphatic carbocycles. The molecule has 5 aromatic rings. The van der Waals surface area contributed by atoms with Crippen molar-refractivity contribution in [2.45, 2.75) is 38.3 Å². The van der Waals surface area contributed by atoms with E-state index in [9.17, 15) is 29.4 Å². The summed E-state index contributed by atoms with van der Waals surface area (Å²) in [6.07, 6.45) is 1.76. The van der Waals surface area contributed by atoms with Crippen LogP contribution in [0.15, 0.2) is 108 Å². The molecule has 0 spiro atoms. The number of carbonyl (C=O) groups excluding carboxylic acids is 2. The first kappa shape index (κ1) is 33.6. The predicted molar refractivity (Wildman–Crippen MR) is 183 cm³/mol. The van der Waals surface area contributed by atoms with Gasteiger partial charge in [0.25, 0.3) is 5.56 Å². The van der Waals surface area contributed by atoms with E-state index in [0.29, 0.717) is 22.4 Å². The molecule has 0 radical (unpaired) electrons. The van der Waals surface area contributed by atoms with Crippen LogP contribution in [0.4, 0.5) is 5.69 Å². The van der Waals surface area contributed by atoms with Gasteiger partial charge in [0.1, 0.15) is 23.4 Å². The Morgan fingerprint density at radius 3 is 2.25 bits per heavy atom. The number of hydrogen-bond acceptors (Lipinski definition) is 6. The number of carboxylic acids is 1. The number of carbonyl (C=O) groups is 3. The van der Waals surface area contributed by atoms with Crippen molar-refractivity contribution in [3.63, 3.8) is 0 Å². The van der Waals surface area contributed by atoms with Gasteiger partial charge in [-0.1, -0.05) is 78.9 Å². The molecule has 2 atom stereocenters. The average molecular weight is 648 g/mol. The van der Waals surface area contributed by atoms with Gasteiger partial charge >= 0.3 is 5.97 Å². The Labute approximate surface area is 277 Å². The zero-order chi connectivity index (χ0) is 34.2. The summed E-state index contributed by atoms with van der Waals surface area (Å²) in [5.74, 6) is -2.50. The first-order valence-corrected chi connectivity index (χ1v) is 15.5. The van der Waals surface area contributed by atoms with Crippen molar-refractivity contribution in [2.75, 3.05) is 19.0 Å². The Kier molecular flexibility index (Phi) is 10.7. The van der Waals surface area contributed by atoms with Crippen LogP contribution < -0.4 is 20.9 Å². The molecular weight excluding hydrogens is 610 g/mol. The molecule has 0 bridgehead atoms. The van der Waals surface area contributed by atoms with Gasteiger partial charge in [-0.3, -0.25) is 19.2 Å². The number of anilines is 1. The van der Waals surface area contributed by atoms with Crippen LogP contribution in [0.3, 0.4) is 0 Å². The average Bonchev–Trinajstić information content (AvgIpc) is 3.09. The number of aromatic nitrogens is 1. The van der Waals surface area contributed by atoms with Crippen LogP contribution in [0.5, 0.6) is 5.75 Å². The molecule has 246 valence electrons. The van der Waals surface area contributed by atoms with Crippen LogP contribution in [0.2, 0.25) is 0 Å². The van der Waals surface area contributed by atoms with Gasteiger partial charge in [-0.05, 0) is 63.7 Å². The van der Waals surface area contributed by atoms with E-state index >= 15 is 0 Å². The Hall–Kier alpha value is -5.74. The van der Waals surface area contributed by atoms with Gasteiger partial charge in [0.2, 0.25) is 11.8 Å². The fraction of sp³-hybridized carbons (Fsp3) is 0.211. The summed E-state index contributed by atoms with van der Waals surface area (Å²) in [4.78, 5) is 52.4. The third-order valence-corrected chi connectivity index (χ3v) is 8.32. The molecule has 48 heavy (non-hydrogen) atoms. The monoisotopic (exact) mass is 647 g/mol. The zero-order valence-electron chi connectivity index (χ0n) is 26.7. The van der Waals surface area contributed by atoms with Crippen LogP contribution >= 0.6 is 0 Å². The second-order valence-electron chi connectivity index (χ2n) is 11.6. The summed E-state index contributed by atoms with van der Waals surface area (Å²) in [5.41, 5.74) is 3.00. The molecule has 1 aromatic heterocycles. The van der Waals surface area contributed by atoms with E-state index in [2.05, 4.69) is 10.6 Å². The van der Waals surface area contributed by atoms with Crippen molar-refractivity contribution in [1.82, 2.24) is 9.88 Å². The van der Waals surface area contributed by atoms with Crippen LogP contribution in [0, 0.1) is 6.92 Å². The lowest BCUT2D eigenvalue weighted by Gasteiger charge is -2.20. The third-order valence-electron chi connectivity index (χ3n) is 8.32. The van der Waals surface area contributed by atoms with Gasteiger partial charge in [-0.15, -0.1) is 0 Å². The van der Waals surface area contributed by atoms with E-state index in [4.69, 9.17) is 4.74 Å². The van der Waals surface area contributed by atoms with Crippen molar-refractivity contribution in [1.29, 1.82) is 0 Å². The van der Waals surface area contributed by atoms with Crippen LogP contribution in [-0.2, 0) is 33.8 Å². The summed E-state index contributed by atoms with van der Waals surface area (Å²) in [6, 6.07) is 27.9. The highest BCUT2D eigenvalue weighted by molar-refractivity contribution is 5.98. The van der Waals surface area contributed by atoms with E-state index in [0.717, 1.165) is 21.9 Å². The summed E-state index contributed by atoms with van der Waals surface area (Å²) in [7, 11) is 1.58. The van der Waals surface area contributed by atoms with Gasteiger partial charge in [0, 0.05) is 12.6 Å². The summed E-state index contributed by atoms with van der Waals surface area (Å²) in [6.45, 7) is 1.44. The number of aliphatic hydroxyl groups is 1. The van der Waals surface area contributed by atoms with Crippen molar-refractivity contribution in [3.05, 3.63) is 141 Å². The van der Waals surface area contributed by atoms with E-state index in [1.54, 1.807) is 62.7 Å². The van der Waals surface area contributed by atoms with Crippen LogP contribution in [0.1, 0.15) is 33.7 Å². The first-order valence-electron chi connectivity index (χ1n) is 15.5. The largest absolute Gasteiger partial charge is 0.497 e. The zero-order valence-corrected chi connectivity index (χ0v) is 26.7. The Balaban J connectivity index is 1.40. The van der Waals surface area contributed by atoms with Gasteiger partial charge in [-0.25, -0.2) is 0 Å². The maximum absolute atomic E-state index is 13.9. The van der Waals surface area contributed by atoms with E-state index in [1.807, 2.05) is 54.6 Å². The van der Waals surface area contributed by atoms with Crippen LogP contribution in [-0.4, -0.2) is 52.3 Å². The fourth-order valence-electron chi connectivity index (χ4n) is 5.60. The number of aliphatic carboxylic acids is 1. The van der Waals surface area contributed by atoms with Crippen molar-refractivity contribution < 1.29 is 29.3 Å². The standard InChI is InChI=1S/C38H37N3O7/c1-24-18-19-41(22-26-12-16-30(48-2)17-13-26)37(45)35(24)40-36(44)33(20-25-10-14-28(15-11-25)32(23-42)38(46)47)39-34(43)21-29-8-5-7-27-6-3-4-9-31(27)29/h3-19,32-33,42H,20-23H2,1-2H3,(H,39,43)(H,40,44)(H,46,47)/t32-,33-/m0/s1. The van der Waals surface area contributed by atoms with Crippen molar-refractivity contribution >= 4 is 34.2 Å². The third kappa shape index (κ3) is 7.97. The number of methoxy groups -OCH3 is 1. The number of rotatable bonds is 13. The quantitative estimate of drug-likeness (QED) is 0.148. The molecule has 0 aliphatic rings. The number of amides is 2. The summed E-state index contributed by atoms with van der Waals surface area (Å²) < 4.78 is 6.71. The molecule has 0 fully saturated rings. The lowest BCUT2D eigenvalue weighted by molar-refractivity contribution is -0.139. The predicted octanol–water partition coefficient (Wildman–Crippen LogP) is 4.44. The smallest absolute Gasteiger partial charge is 0.313 e. The molecule has 4 N–H and O–H groups in total. The van der Waals surface area contributed by atoms with Gasteiger partial charge in [-0.2, -0.15) is 0 Å². The van der Waals surface area contributed by atoms with Gasteiger partial charge in [0.05, 0.1) is 26.7 Å². The second kappa shape index (κ2) is 15.2. The molecule has 2 amide bonds. The molecule has 4 aromatic carbocycles. The number of aliphatic hydroxyl groups excluding tert-OH is 1. The molecule has 0 aliphatic heterocycles. The topological polar surface area (TPSA) is 147 Å². The number of pyridine rings is 1. The van der Waals surface area contributed by atoms with E-state index in [1.165, 1.54) is 4.57 Å². The number of ether oxygens (including phenoxy) is 1. The number of nitrogens with one attached hydrogen (secondary N) is 2. The number of hydrogen-bond donors (Lipinski definition) is 4. The summed E-state index contributed by atoms with van der Waals surface area (Å²) in [5, 5.41) is 26.5. The Morgan fingerprint density at radius 2 is 1.56 bits per heavy atom. The molecule has 0 saturated heterocycles. The SMILES string of the molecule is COc1ccc(Cn2ccc(C)c(NC(=O)[C@H](Cc3ccc([C@H](CO)C(=O)O)cc3)NC(=O)Cc3cccc4ccccc34)c2=O)cc1. The number of fused-ring (bicyclic) bond motifs is 1. The minimum absolute atomic E-state index is 0.0277. The second-order valence-corrected chi connectivity index (χ2v) is 11.6. The molecular formula is C38H37N3O7.